The number of carbonyl (C=O) groups is 2. The molecule has 0 saturated heterocycles. The fourth-order valence-corrected chi connectivity index (χ4v) is 1.58. The normalized spacial score (nSPS) is 10.3. The zero-order valence-corrected chi connectivity index (χ0v) is 12.5. The third-order valence-corrected chi connectivity index (χ3v) is 2.68. The van der Waals surface area contributed by atoms with Crippen LogP contribution in [0.3, 0.4) is 0 Å². The maximum absolute atomic E-state index is 10.1. The van der Waals surface area contributed by atoms with Gasteiger partial charge in [0.15, 0.2) is 0 Å². The summed E-state index contributed by atoms with van der Waals surface area (Å²) in [5.41, 5.74) is 1.000. The smallest absolute Gasteiger partial charge is 0.328 e. The van der Waals surface area contributed by atoms with Crippen molar-refractivity contribution in [2.24, 2.45) is 0 Å². The number of phenolic OH excluding ortho intramolecular Hbond substituents is 2. The Labute approximate surface area is 138 Å². The molecular formula is C18H16O6. The van der Waals surface area contributed by atoms with Gasteiger partial charge in [0, 0.05) is 23.3 Å². The molecule has 6 heteroatoms. The predicted molar refractivity (Wildman–Crippen MR) is 89.6 cm³/mol. The fraction of sp³-hybridized carbons (Fsp3) is 0. The van der Waals surface area contributed by atoms with Crippen LogP contribution in [0.15, 0.2) is 60.7 Å². The number of hydrogen-bond donors (Lipinski definition) is 4. The molecule has 0 unspecified atom stereocenters. The van der Waals surface area contributed by atoms with E-state index in [0.717, 1.165) is 12.2 Å². The molecule has 6 nitrogen and oxygen atoms in total. The van der Waals surface area contributed by atoms with E-state index in [1.165, 1.54) is 24.3 Å². The summed E-state index contributed by atoms with van der Waals surface area (Å²) < 4.78 is 0. The number of benzene rings is 2. The van der Waals surface area contributed by atoms with Gasteiger partial charge < -0.3 is 20.4 Å². The number of carboxylic acid groups (broad SMARTS) is 2. The Morgan fingerprint density at radius 3 is 1.29 bits per heavy atom. The summed E-state index contributed by atoms with van der Waals surface area (Å²) >= 11 is 0. The summed E-state index contributed by atoms with van der Waals surface area (Å²) in [6.45, 7) is 0. The Bertz CT molecular complexity index is 696. The molecule has 24 heavy (non-hydrogen) atoms. The van der Waals surface area contributed by atoms with Gasteiger partial charge in [0.25, 0.3) is 0 Å². The van der Waals surface area contributed by atoms with Gasteiger partial charge in [0.1, 0.15) is 11.5 Å². The molecule has 2 rings (SSSR count). The van der Waals surface area contributed by atoms with Gasteiger partial charge >= 0.3 is 11.9 Å². The monoisotopic (exact) mass is 328 g/mol. The number of rotatable bonds is 4. The first-order valence-electron chi connectivity index (χ1n) is 6.78. The number of aliphatic carboxylic acids is 2. The van der Waals surface area contributed by atoms with Crippen LogP contribution in [-0.4, -0.2) is 32.4 Å². The summed E-state index contributed by atoms with van der Waals surface area (Å²) in [5.74, 6) is -1.90. The molecular weight excluding hydrogens is 312 g/mol. The van der Waals surface area contributed by atoms with E-state index in [9.17, 15) is 19.8 Å². The fourth-order valence-electron chi connectivity index (χ4n) is 1.58. The molecule has 124 valence electrons. The standard InChI is InChI=1S/2C9H8O3/c2*10-8-4-2-1-3-7(8)5-6-9(11)12/h2*1-6,10H,(H,11,12). The molecule has 0 atom stereocenters. The van der Waals surface area contributed by atoms with E-state index in [1.807, 2.05) is 0 Å². The molecule has 4 N–H and O–H groups in total. The Morgan fingerprint density at radius 1 is 0.667 bits per heavy atom. The molecule has 0 aliphatic carbocycles. The second kappa shape index (κ2) is 9.47. The minimum Gasteiger partial charge on any atom is -0.507 e. The molecule has 0 aliphatic rings. The van der Waals surface area contributed by atoms with Crippen molar-refractivity contribution < 1.29 is 30.0 Å². The first-order valence-corrected chi connectivity index (χ1v) is 6.78. The zero-order valence-electron chi connectivity index (χ0n) is 12.5. The van der Waals surface area contributed by atoms with E-state index in [2.05, 4.69) is 0 Å². The van der Waals surface area contributed by atoms with Gasteiger partial charge in [-0.3, -0.25) is 0 Å². The summed E-state index contributed by atoms with van der Waals surface area (Å²) in [6.07, 6.45) is 4.65. The molecule has 2 aromatic carbocycles. The highest BCUT2D eigenvalue weighted by Gasteiger charge is 1.95. The molecule has 2 aromatic rings. The van der Waals surface area contributed by atoms with E-state index in [4.69, 9.17) is 10.2 Å². The summed E-state index contributed by atoms with van der Waals surface area (Å²) in [4.78, 5) is 20.2. The third-order valence-electron chi connectivity index (χ3n) is 2.68. The van der Waals surface area contributed by atoms with Gasteiger partial charge in [-0.2, -0.15) is 0 Å². The lowest BCUT2D eigenvalue weighted by molar-refractivity contribution is -0.132. The largest absolute Gasteiger partial charge is 0.507 e. The Balaban J connectivity index is 0.000000240. The van der Waals surface area contributed by atoms with Crippen LogP contribution in [0.5, 0.6) is 11.5 Å². The van der Waals surface area contributed by atoms with Crippen molar-refractivity contribution in [3.63, 3.8) is 0 Å². The molecule has 0 heterocycles. The third kappa shape index (κ3) is 6.95. The lowest BCUT2D eigenvalue weighted by Gasteiger charge is -1.95. The first kappa shape index (κ1) is 18.5. The van der Waals surface area contributed by atoms with Crippen LogP contribution in [0.25, 0.3) is 12.2 Å². The molecule has 0 aliphatic heterocycles. The van der Waals surface area contributed by atoms with Gasteiger partial charge in [-0.25, -0.2) is 9.59 Å². The van der Waals surface area contributed by atoms with Crippen molar-refractivity contribution in [2.75, 3.05) is 0 Å². The number of para-hydroxylation sites is 2. The van der Waals surface area contributed by atoms with Crippen LogP contribution < -0.4 is 0 Å². The van der Waals surface area contributed by atoms with E-state index in [0.29, 0.717) is 11.1 Å². The van der Waals surface area contributed by atoms with Crippen LogP contribution in [0.4, 0.5) is 0 Å². The number of aromatic hydroxyl groups is 2. The molecule has 0 aromatic heterocycles. The van der Waals surface area contributed by atoms with Crippen LogP contribution in [0.2, 0.25) is 0 Å². The second-order valence-electron chi connectivity index (χ2n) is 4.46. The number of hydrogen-bond acceptors (Lipinski definition) is 4. The lowest BCUT2D eigenvalue weighted by Crippen LogP contribution is -1.85. The van der Waals surface area contributed by atoms with E-state index in [1.54, 1.807) is 36.4 Å². The van der Waals surface area contributed by atoms with Crippen molar-refractivity contribution in [2.45, 2.75) is 0 Å². The van der Waals surface area contributed by atoms with Gasteiger partial charge in [0.2, 0.25) is 0 Å². The van der Waals surface area contributed by atoms with Gasteiger partial charge in [-0.15, -0.1) is 0 Å². The number of carboxylic acids is 2. The van der Waals surface area contributed by atoms with Crippen molar-refractivity contribution in [1.29, 1.82) is 0 Å². The SMILES string of the molecule is O=C(O)C=Cc1ccccc1O.O=C(O)C=Cc1ccccc1O. The Hall–Kier alpha value is -3.54. The van der Waals surface area contributed by atoms with Crippen LogP contribution in [-0.2, 0) is 9.59 Å². The highest BCUT2D eigenvalue weighted by atomic mass is 16.4. The van der Waals surface area contributed by atoms with Gasteiger partial charge in [-0.05, 0) is 24.3 Å². The van der Waals surface area contributed by atoms with Crippen LogP contribution in [0, 0.1) is 0 Å². The quantitative estimate of drug-likeness (QED) is 0.641. The Morgan fingerprint density at radius 2 is 1.00 bits per heavy atom. The van der Waals surface area contributed by atoms with Crippen molar-refractivity contribution >= 4 is 24.1 Å². The zero-order chi connectivity index (χ0) is 17.9. The van der Waals surface area contributed by atoms with Crippen molar-refractivity contribution in [1.82, 2.24) is 0 Å². The lowest BCUT2D eigenvalue weighted by atomic mass is 10.2. The highest BCUT2D eigenvalue weighted by molar-refractivity contribution is 5.86. The highest BCUT2D eigenvalue weighted by Crippen LogP contribution is 2.17. The molecule has 0 saturated carbocycles. The minimum atomic E-state index is -1.03. The summed E-state index contributed by atoms with van der Waals surface area (Å²) in [5, 5.41) is 35.0. The van der Waals surface area contributed by atoms with Crippen molar-refractivity contribution in [3.05, 3.63) is 71.8 Å². The molecule has 0 spiro atoms. The van der Waals surface area contributed by atoms with E-state index in [-0.39, 0.29) is 11.5 Å². The predicted octanol–water partition coefficient (Wildman–Crippen LogP) is 2.98. The average Bonchev–Trinajstić information content (AvgIpc) is 2.54. The van der Waals surface area contributed by atoms with Crippen LogP contribution >= 0.6 is 0 Å². The van der Waals surface area contributed by atoms with Crippen LogP contribution in [0.1, 0.15) is 11.1 Å². The molecule has 0 bridgehead atoms. The van der Waals surface area contributed by atoms with Crippen molar-refractivity contribution in [3.8, 4) is 11.5 Å². The Kier molecular flexibility index (Phi) is 7.30. The number of phenols is 2. The molecule has 0 radical (unpaired) electrons. The topological polar surface area (TPSA) is 115 Å². The summed E-state index contributed by atoms with van der Waals surface area (Å²) in [6, 6.07) is 13.1. The maximum atomic E-state index is 10.1. The first-order chi connectivity index (χ1) is 11.4. The minimum absolute atomic E-state index is 0.0787. The average molecular weight is 328 g/mol. The summed E-state index contributed by atoms with van der Waals surface area (Å²) in [7, 11) is 0. The molecule has 0 amide bonds. The van der Waals surface area contributed by atoms with Gasteiger partial charge in [0.05, 0.1) is 0 Å². The van der Waals surface area contributed by atoms with E-state index < -0.39 is 11.9 Å². The second-order valence-corrected chi connectivity index (χ2v) is 4.46. The molecule has 0 fully saturated rings. The maximum Gasteiger partial charge on any atom is 0.328 e. The van der Waals surface area contributed by atoms with Gasteiger partial charge in [-0.1, -0.05) is 36.4 Å². The van der Waals surface area contributed by atoms with E-state index >= 15 is 0 Å².